The van der Waals surface area contributed by atoms with Gasteiger partial charge in [0, 0.05) is 11.8 Å². The highest BCUT2D eigenvalue weighted by atomic mass is 127. The Morgan fingerprint density at radius 3 is 2.60 bits per heavy atom. The fourth-order valence-corrected chi connectivity index (χ4v) is 2.52. The summed E-state index contributed by atoms with van der Waals surface area (Å²) in [6.45, 7) is 1.83. The molecule has 0 fully saturated rings. The van der Waals surface area contributed by atoms with Gasteiger partial charge >= 0.3 is 0 Å². The van der Waals surface area contributed by atoms with Crippen molar-refractivity contribution in [1.29, 1.82) is 0 Å². The van der Waals surface area contributed by atoms with E-state index in [1.54, 1.807) is 10.9 Å². The van der Waals surface area contributed by atoms with Crippen LogP contribution in [0.2, 0.25) is 0 Å². The lowest BCUT2D eigenvalue weighted by molar-refractivity contribution is 0.280. The molecule has 0 aliphatic rings. The average Bonchev–Trinajstić information content (AvgIpc) is 3.03. The molecule has 0 saturated carbocycles. The Balaban J connectivity index is 2.25. The molecule has 3 aromatic rings. The summed E-state index contributed by atoms with van der Waals surface area (Å²) >= 11 is 2.21. The predicted molar refractivity (Wildman–Crippen MR) is 84.1 cm³/mol. The van der Waals surface area contributed by atoms with Gasteiger partial charge < -0.3 is 5.11 Å². The second-order valence-electron chi connectivity index (χ2n) is 4.40. The number of halogens is 1. The smallest absolute Gasteiger partial charge is 0.162 e. The van der Waals surface area contributed by atoms with E-state index in [0.29, 0.717) is 0 Å². The Hall–Kier alpha value is -1.67. The number of aryl methyl sites for hydroxylation is 1. The van der Waals surface area contributed by atoms with Crippen LogP contribution in [0, 0.1) is 10.5 Å². The minimum atomic E-state index is -0.0650. The molecule has 1 aromatic carbocycles. The molecule has 102 valence electrons. The maximum atomic E-state index is 9.63. The van der Waals surface area contributed by atoms with Gasteiger partial charge in [-0.2, -0.15) is 10.2 Å². The Kier molecular flexibility index (Phi) is 3.58. The van der Waals surface area contributed by atoms with E-state index in [4.69, 9.17) is 0 Å². The Bertz CT molecular complexity index is 733. The van der Waals surface area contributed by atoms with Crippen LogP contribution in [0.5, 0.6) is 0 Å². The van der Waals surface area contributed by atoms with E-state index >= 15 is 0 Å². The summed E-state index contributed by atoms with van der Waals surface area (Å²) in [5.74, 6) is 0.777. The molecule has 0 saturated heterocycles. The van der Waals surface area contributed by atoms with Crippen LogP contribution < -0.4 is 0 Å². The highest BCUT2D eigenvalue weighted by Crippen LogP contribution is 2.22. The summed E-state index contributed by atoms with van der Waals surface area (Å²) in [5.41, 5.74) is 2.53. The highest BCUT2D eigenvalue weighted by Gasteiger charge is 2.18. The second kappa shape index (κ2) is 5.37. The first-order chi connectivity index (χ1) is 9.70. The third-order valence-electron chi connectivity index (χ3n) is 3.08. The number of nitrogens with zero attached hydrogens (tertiary/aromatic N) is 4. The molecule has 2 heterocycles. The number of aliphatic hydroxyl groups excluding tert-OH is 1. The average molecular weight is 380 g/mol. The Labute approximate surface area is 130 Å². The van der Waals surface area contributed by atoms with E-state index in [2.05, 4.69) is 32.8 Å². The van der Waals surface area contributed by atoms with Crippen LogP contribution in [-0.4, -0.2) is 24.7 Å². The highest BCUT2D eigenvalue weighted by molar-refractivity contribution is 14.1. The van der Waals surface area contributed by atoms with Gasteiger partial charge in [-0.25, -0.2) is 9.36 Å². The van der Waals surface area contributed by atoms with Crippen molar-refractivity contribution in [3.8, 4) is 11.5 Å². The lowest BCUT2D eigenvalue weighted by Gasteiger charge is -2.08. The van der Waals surface area contributed by atoms with Crippen LogP contribution >= 0.6 is 22.6 Å². The standard InChI is InChI=1S/C14H13IN4O/c1-10-13(9-20)14(18-8-11(15)7-16-18)19(17-10)12-5-3-2-4-6-12/h2-8,20H,9H2,1H3. The normalized spacial score (nSPS) is 10.9. The summed E-state index contributed by atoms with van der Waals surface area (Å²) in [6, 6.07) is 9.84. The molecular weight excluding hydrogens is 367 g/mol. The van der Waals surface area contributed by atoms with Gasteiger partial charge in [-0.05, 0) is 41.6 Å². The largest absolute Gasteiger partial charge is 0.391 e. The first-order valence-electron chi connectivity index (χ1n) is 6.16. The molecule has 0 aliphatic heterocycles. The molecule has 5 nitrogen and oxygen atoms in total. The van der Waals surface area contributed by atoms with Crippen LogP contribution in [0.3, 0.4) is 0 Å². The van der Waals surface area contributed by atoms with Crippen LogP contribution in [0.15, 0.2) is 42.7 Å². The van der Waals surface area contributed by atoms with Gasteiger partial charge in [-0.1, -0.05) is 18.2 Å². The summed E-state index contributed by atoms with van der Waals surface area (Å²) in [5, 5.41) is 18.5. The quantitative estimate of drug-likeness (QED) is 0.711. The number of para-hydroxylation sites is 1. The van der Waals surface area contributed by atoms with E-state index in [-0.39, 0.29) is 6.61 Å². The van der Waals surface area contributed by atoms with Crippen molar-refractivity contribution in [2.75, 3.05) is 0 Å². The molecule has 1 N–H and O–H groups in total. The first kappa shape index (κ1) is 13.3. The summed E-state index contributed by atoms with van der Waals surface area (Å²) in [6.07, 6.45) is 3.69. The van der Waals surface area contributed by atoms with Crippen LogP contribution in [0.1, 0.15) is 11.3 Å². The zero-order valence-corrected chi connectivity index (χ0v) is 13.0. The summed E-state index contributed by atoms with van der Waals surface area (Å²) in [7, 11) is 0. The van der Waals surface area contributed by atoms with E-state index in [9.17, 15) is 5.11 Å². The van der Waals surface area contributed by atoms with Crippen LogP contribution in [-0.2, 0) is 6.61 Å². The lowest BCUT2D eigenvalue weighted by atomic mass is 10.2. The fourth-order valence-electron chi connectivity index (χ4n) is 2.13. The van der Waals surface area contributed by atoms with Crippen molar-refractivity contribution in [1.82, 2.24) is 19.6 Å². The SMILES string of the molecule is Cc1nn(-c2ccccc2)c(-n2cc(I)cn2)c1CO. The summed E-state index contributed by atoms with van der Waals surface area (Å²) in [4.78, 5) is 0. The number of aliphatic hydroxyl groups is 1. The van der Waals surface area contributed by atoms with Gasteiger partial charge in [0.15, 0.2) is 5.82 Å². The Morgan fingerprint density at radius 2 is 2.00 bits per heavy atom. The van der Waals surface area contributed by atoms with Gasteiger partial charge in [-0.15, -0.1) is 0 Å². The number of hydrogen-bond donors (Lipinski definition) is 1. The van der Waals surface area contributed by atoms with E-state index in [0.717, 1.165) is 26.3 Å². The molecular formula is C14H13IN4O. The molecule has 0 radical (unpaired) electrons. The van der Waals surface area contributed by atoms with Gasteiger partial charge in [0.1, 0.15) is 0 Å². The number of benzene rings is 1. The van der Waals surface area contributed by atoms with Gasteiger partial charge in [-0.3, -0.25) is 0 Å². The summed E-state index contributed by atoms with van der Waals surface area (Å²) < 4.78 is 4.59. The molecule has 0 spiro atoms. The van der Waals surface area contributed by atoms with E-state index < -0.39 is 0 Å². The maximum absolute atomic E-state index is 9.63. The van der Waals surface area contributed by atoms with Crippen LogP contribution in [0.25, 0.3) is 11.5 Å². The van der Waals surface area contributed by atoms with Crippen molar-refractivity contribution in [3.05, 3.63) is 57.6 Å². The molecule has 0 atom stereocenters. The molecule has 0 amide bonds. The molecule has 0 aliphatic carbocycles. The van der Waals surface area contributed by atoms with Crippen molar-refractivity contribution in [2.45, 2.75) is 13.5 Å². The topological polar surface area (TPSA) is 55.9 Å². The van der Waals surface area contributed by atoms with Gasteiger partial charge in [0.05, 0.1) is 27.8 Å². The van der Waals surface area contributed by atoms with Crippen molar-refractivity contribution >= 4 is 22.6 Å². The first-order valence-corrected chi connectivity index (χ1v) is 7.24. The maximum Gasteiger partial charge on any atom is 0.162 e. The van der Waals surface area contributed by atoms with Gasteiger partial charge in [0.25, 0.3) is 0 Å². The monoisotopic (exact) mass is 380 g/mol. The molecule has 0 unspecified atom stereocenters. The number of aromatic nitrogens is 4. The van der Waals surface area contributed by atoms with E-state index in [1.807, 2.05) is 48.1 Å². The van der Waals surface area contributed by atoms with Crippen molar-refractivity contribution in [2.24, 2.45) is 0 Å². The molecule has 0 bridgehead atoms. The van der Waals surface area contributed by atoms with E-state index in [1.165, 1.54) is 0 Å². The zero-order valence-electron chi connectivity index (χ0n) is 10.9. The predicted octanol–water partition coefficient (Wildman–Crippen LogP) is 2.46. The number of hydrogen-bond acceptors (Lipinski definition) is 3. The second-order valence-corrected chi connectivity index (χ2v) is 5.64. The Morgan fingerprint density at radius 1 is 1.25 bits per heavy atom. The molecule has 6 heteroatoms. The number of rotatable bonds is 3. The van der Waals surface area contributed by atoms with Crippen LogP contribution in [0.4, 0.5) is 0 Å². The van der Waals surface area contributed by atoms with Gasteiger partial charge in [0.2, 0.25) is 0 Å². The fraction of sp³-hybridized carbons (Fsp3) is 0.143. The molecule has 20 heavy (non-hydrogen) atoms. The third-order valence-corrected chi connectivity index (χ3v) is 3.64. The van der Waals surface area contributed by atoms with Crippen molar-refractivity contribution in [3.63, 3.8) is 0 Å². The minimum Gasteiger partial charge on any atom is -0.391 e. The molecule has 3 rings (SSSR count). The third kappa shape index (κ3) is 2.25. The minimum absolute atomic E-state index is 0.0650. The molecule has 2 aromatic heterocycles. The zero-order chi connectivity index (χ0) is 14.1. The lowest BCUT2D eigenvalue weighted by Crippen LogP contribution is -2.07. The van der Waals surface area contributed by atoms with Crippen molar-refractivity contribution < 1.29 is 5.11 Å².